The van der Waals surface area contributed by atoms with E-state index in [9.17, 15) is 14.4 Å². The third-order valence-electron chi connectivity index (χ3n) is 7.21. The maximum Gasteiger partial charge on any atom is 0.328 e. The molecule has 1 aromatic rings. The first-order valence-electron chi connectivity index (χ1n) is 11.2. The van der Waals surface area contributed by atoms with Gasteiger partial charge in [0.25, 0.3) is 5.91 Å². The molecule has 0 saturated heterocycles. The summed E-state index contributed by atoms with van der Waals surface area (Å²) in [7, 11) is 0. The molecule has 4 saturated carbocycles. The average Bonchev–Trinajstić information content (AvgIpc) is 2.71. The van der Waals surface area contributed by atoms with Crippen LogP contribution in [0.25, 0.3) is 0 Å². The molecule has 6 nitrogen and oxygen atoms in total. The minimum Gasteiger partial charge on any atom is -0.454 e. The lowest BCUT2D eigenvalue weighted by atomic mass is 9.49. The fraction of sp³-hybridized carbons (Fsp3) is 0.625. The van der Waals surface area contributed by atoms with Crippen LogP contribution in [-0.4, -0.2) is 30.4 Å². The van der Waals surface area contributed by atoms with E-state index in [-0.39, 0.29) is 17.9 Å². The summed E-state index contributed by atoms with van der Waals surface area (Å²) >= 11 is 0. The van der Waals surface area contributed by atoms with Gasteiger partial charge in [0.15, 0.2) is 6.61 Å². The Morgan fingerprint density at radius 2 is 1.60 bits per heavy atom. The molecule has 2 amide bonds. The Kier molecular flexibility index (Phi) is 5.85. The lowest BCUT2D eigenvalue weighted by Crippen LogP contribution is -2.56. The fourth-order valence-electron chi connectivity index (χ4n) is 6.08. The van der Waals surface area contributed by atoms with Crippen molar-refractivity contribution in [3.63, 3.8) is 0 Å². The Balaban J connectivity index is 1.24. The molecule has 30 heavy (non-hydrogen) atoms. The van der Waals surface area contributed by atoms with Gasteiger partial charge < -0.3 is 15.4 Å². The lowest BCUT2D eigenvalue weighted by Gasteiger charge is -2.55. The molecule has 0 radical (unpaired) electrons. The molecule has 4 aliphatic rings. The molecule has 0 heterocycles. The molecule has 0 unspecified atom stereocenters. The molecular formula is C24H32N2O4. The highest BCUT2D eigenvalue weighted by molar-refractivity contribution is 5.93. The van der Waals surface area contributed by atoms with Crippen LogP contribution in [0.3, 0.4) is 0 Å². The van der Waals surface area contributed by atoms with Crippen molar-refractivity contribution in [1.82, 2.24) is 5.32 Å². The van der Waals surface area contributed by atoms with Crippen molar-refractivity contribution in [2.45, 2.75) is 64.8 Å². The van der Waals surface area contributed by atoms with E-state index in [2.05, 4.69) is 17.6 Å². The predicted molar refractivity (Wildman–Crippen MR) is 114 cm³/mol. The highest BCUT2D eigenvalue weighted by atomic mass is 16.5. The Bertz CT molecular complexity index is 782. The Hall–Kier alpha value is -2.37. The van der Waals surface area contributed by atoms with Crippen molar-refractivity contribution in [3.8, 4) is 0 Å². The summed E-state index contributed by atoms with van der Waals surface area (Å²) in [6.07, 6.45) is 7.57. The Labute approximate surface area is 178 Å². The molecular weight excluding hydrogens is 380 g/mol. The van der Waals surface area contributed by atoms with E-state index < -0.39 is 17.9 Å². The average molecular weight is 413 g/mol. The van der Waals surface area contributed by atoms with Gasteiger partial charge in [-0.3, -0.25) is 9.59 Å². The molecule has 0 spiro atoms. The summed E-state index contributed by atoms with van der Waals surface area (Å²) in [4.78, 5) is 37.4. The van der Waals surface area contributed by atoms with Crippen molar-refractivity contribution in [1.29, 1.82) is 0 Å². The molecule has 5 rings (SSSR count). The van der Waals surface area contributed by atoms with Crippen LogP contribution in [0.2, 0.25) is 0 Å². The third-order valence-corrected chi connectivity index (χ3v) is 7.21. The van der Waals surface area contributed by atoms with Gasteiger partial charge in [0.1, 0.15) is 6.04 Å². The van der Waals surface area contributed by atoms with Gasteiger partial charge in [-0.15, -0.1) is 0 Å². The van der Waals surface area contributed by atoms with Gasteiger partial charge in [0.2, 0.25) is 5.91 Å². The van der Waals surface area contributed by atoms with Crippen LogP contribution in [0.5, 0.6) is 0 Å². The maximum atomic E-state index is 13.0. The number of hydrogen-bond donors (Lipinski definition) is 2. The van der Waals surface area contributed by atoms with Crippen LogP contribution < -0.4 is 10.6 Å². The highest BCUT2D eigenvalue weighted by Gasteiger charge is 2.54. The zero-order chi connectivity index (χ0) is 21.3. The number of esters is 1. The molecule has 4 fully saturated rings. The number of amides is 2. The summed E-state index contributed by atoms with van der Waals surface area (Å²) in [6, 6.07) is 6.79. The van der Waals surface area contributed by atoms with E-state index in [0.717, 1.165) is 25.7 Å². The highest BCUT2D eigenvalue weighted by Crippen LogP contribution is 2.60. The van der Waals surface area contributed by atoms with Crippen molar-refractivity contribution in [2.24, 2.45) is 23.2 Å². The lowest BCUT2D eigenvalue weighted by molar-refractivity contribution is -0.154. The van der Waals surface area contributed by atoms with Crippen LogP contribution in [-0.2, 0) is 25.5 Å². The fourth-order valence-corrected chi connectivity index (χ4v) is 6.08. The molecule has 6 heteroatoms. The zero-order valence-corrected chi connectivity index (χ0v) is 17.9. The van der Waals surface area contributed by atoms with Gasteiger partial charge in [0.05, 0.1) is 0 Å². The van der Waals surface area contributed by atoms with Crippen LogP contribution in [0.1, 0.15) is 57.9 Å². The van der Waals surface area contributed by atoms with E-state index >= 15 is 0 Å². The summed E-state index contributed by atoms with van der Waals surface area (Å²) < 4.78 is 5.14. The molecule has 162 valence electrons. The number of aryl methyl sites for hydroxylation is 1. The summed E-state index contributed by atoms with van der Waals surface area (Å²) in [5, 5.41) is 5.59. The van der Waals surface area contributed by atoms with Gasteiger partial charge in [-0.1, -0.05) is 19.1 Å². The van der Waals surface area contributed by atoms with Crippen molar-refractivity contribution in [2.75, 3.05) is 11.9 Å². The summed E-state index contributed by atoms with van der Waals surface area (Å²) in [5.74, 6) is 1.02. The van der Waals surface area contributed by atoms with Gasteiger partial charge >= 0.3 is 5.97 Å². The van der Waals surface area contributed by atoms with Gasteiger partial charge in [-0.05, 0) is 87.3 Å². The van der Waals surface area contributed by atoms with Crippen LogP contribution >= 0.6 is 0 Å². The third kappa shape index (κ3) is 4.37. The topological polar surface area (TPSA) is 84.5 Å². The van der Waals surface area contributed by atoms with Gasteiger partial charge in [-0.2, -0.15) is 0 Å². The van der Waals surface area contributed by atoms with Crippen LogP contribution in [0.15, 0.2) is 24.3 Å². The second-order valence-electron chi connectivity index (χ2n) is 9.60. The Morgan fingerprint density at radius 3 is 2.13 bits per heavy atom. The summed E-state index contributed by atoms with van der Waals surface area (Å²) in [6.45, 7) is 3.32. The zero-order valence-electron chi connectivity index (χ0n) is 17.9. The minimum atomic E-state index is -0.762. The Morgan fingerprint density at radius 1 is 1.03 bits per heavy atom. The van der Waals surface area contributed by atoms with E-state index in [0.29, 0.717) is 23.4 Å². The van der Waals surface area contributed by atoms with E-state index in [1.54, 1.807) is 6.92 Å². The first-order valence-corrected chi connectivity index (χ1v) is 11.2. The molecule has 0 aliphatic heterocycles. The SMILES string of the molecule is CCc1ccc(NC(=O)COC(=O)[C@H](C)NC(=O)C23CC4CC(CC(C4)C2)C3)cc1. The molecule has 2 N–H and O–H groups in total. The molecule has 4 bridgehead atoms. The first-order chi connectivity index (χ1) is 14.4. The predicted octanol–water partition coefficient (Wildman–Crippen LogP) is 3.45. The van der Waals surface area contributed by atoms with Crippen LogP contribution in [0.4, 0.5) is 5.69 Å². The standard InChI is InChI=1S/C24H32N2O4/c1-3-16-4-6-20(7-5-16)26-21(27)14-30-22(28)15(2)25-23(29)24-11-17-8-18(12-24)10-19(9-17)13-24/h4-7,15,17-19H,3,8-14H2,1-2H3,(H,25,29)(H,26,27)/t15-,17?,18?,19?,24?/m0/s1. The number of nitrogens with one attached hydrogen (secondary N) is 2. The monoisotopic (exact) mass is 412 g/mol. The molecule has 1 aromatic carbocycles. The van der Waals surface area contributed by atoms with Gasteiger partial charge in [-0.25, -0.2) is 4.79 Å². The van der Waals surface area contributed by atoms with E-state index in [1.807, 2.05) is 24.3 Å². The maximum absolute atomic E-state index is 13.0. The number of carbonyl (C=O) groups is 3. The number of ether oxygens (including phenoxy) is 1. The van der Waals surface area contributed by atoms with E-state index in [1.165, 1.54) is 24.8 Å². The van der Waals surface area contributed by atoms with Crippen molar-refractivity contribution >= 4 is 23.5 Å². The number of hydrogen-bond acceptors (Lipinski definition) is 4. The quantitative estimate of drug-likeness (QED) is 0.672. The second-order valence-corrected chi connectivity index (χ2v) is 9.60. The van der Waals surface area contributed by atoms with Crippen LogP contribution in [0, 0.1) is 23.2 Å². The number of rotatable bonds is 7. The largest absolute Gasteiger partial charge is 0.454 e. The first kappa shape index (κ1) is 20.9. The number of benzene rings is 1. The molecule has 1 atom stereocenters. The van der Waals surface area contributed by atoms with Crippen molar-refractivity contribution < 1.29 is 19.1 Å². The number of anilines is 1. The smallest absolute Gasteiger partial charge is 0.328 e. The second kappa shape index (κ2) is 8.40. The summed E-state index contributed by atoms with van der Waals surface area (Å²) in [5.41, 5.74) is 1.55. The molecule has 0 aromatic heterocycles. The number of carbonyl (C=O) groups excluding carboxylic acids is 3. The van der Waals surface area contributed by atoms with E-state index in [4.69, 9.17) is 4.74 Å². The van der Waals surface area contributed by atoms with Gasteiger partial charge in [0, 0.05) is 11.1 Å². The normalized spacial score (nSPS) is 29.9. The minimum absolute atomic E-state index is 0.00786. The van der Waals surface area contributed by atoms with Crippen molar-refractivity contribution in [3.05, 3.63) is 29.8 Å². The molecule has 4 aliphatic carbocycles.